The molecule has 0 amide bonds. The predicted molar refractivity (Wildman–Crippen MR) is 45.7 cm³/mol. The highest BCUT2D eigenvalue weighted by atomic mass is 32.1. The fraction of sp³-hybridized carbons (Fsp3) is 0.571. The smallest absolute Gasteiger partial charge is 0.0941 e. The lowest BCUT2D eigenvalue weighted by Crippen LogP contribution is -2.27. The second-order valence-electron chi connectivity index (χ2n) is 2.35. The molecule has 1 aromatic rings. The molecule has 1 heterocycles. The van der Waals surface area contributed by atoms with Gasteiger partial charge in [0.05, 0.1) is 11.6 Å². The van der Waals surface area contributed by atoms with Gasteiger partial charge in [-0.05, 0) is 0 Å². The fourth-order valence-corrected chi connectivity index (χ4v) is 1.56. The van der Waals surface area contributed by atoms with Crippen molar-refractivity contribution in [1.29, 1.82) is 0 Å². The number of nitrogens with two attached hydrogens (primary N) is 1. The Labute approximate surface area is 70.2 Å². The van der Waals surface area contributed by atoms with E-state index in [4.69, 9.17) is 10.5 Å². The molecule has 0 fully saturated rings. The van der Waals surface area contributed by atoms with Crippen LogP contribution >= 0.6 is 11.3 Å². The first-order chi connectivity index (χ1) is 5.33. The van der Waals surface area contributed by atoms with Crippen molar-refractivity contribution in [2.24, 2.45) is 5.73 Å². The Kier molecular flexibility index (Phi) is 3.48. The van der Waals surface area contributed by atoms with E-state index in [2.05, 4.69) is 4.98 Å². The summed E-state index contributed by atoms with van der Waals surface area (Å²) in [7, 11) is 1.65. The van der Waals surface area contributed by atoms with Crippen molar-refractivity contribution < 1.29 is 4.74 Å². The van der Waals surface area contributed by atoms with Gasteiger partial charge < -0.3 is 10.5 Å². The molecule has 1 aromatic heterocycles. The van der Waals surface area contributed by atoms with Gasteiger partial charge in [-0.15, -0.1) is 11.3 Å². The lowest BCUT2D eigenvalue weighted by atomic mass is 10.2. The average Bonchev–Trinajstić information content (AvgIpc) is 2.40. The Bertz CT molecular complexity index is 188. The minimum atomic E-state index is 0.0751. The number of nitrogens with zero attached hydrogens (tertiary/aromatic N) is 1. The molecule has 0 aliphatic rings. The van der Waals surface area contributed by atoms with E-state index in [9.17, 15) is 0 Å². The van der Waals surface area contributed by atoms with Crippen LogP contribution in [0.5, 0.6) is 0 Å². The van der Waals surface area contributed by atoms with Crippen molar-refractivity contribution in [3.05, 3.63) is 16.6 Å². The van der Waals surface area contributed by atoms with Crippen LogP contribution in [0.1, 0.15) is 5.01 Å². The molecule has 0 saturated carbocycles. The molecule has 0 radical (unpaired) electrons. The van der Waals surface area contributed by atoms with E-state index in [1.165, 1.54) is 0 Å². The number of hydrogen-bond donors (Lipinski definition) is 1. The van der Waals surface area contributed by atoms with E-state index in [0.29, 0.717) is 6.61 Å². The minimum Gasteiger partial charge on any atom is -0.383 e. The van der Waals surface area contributed by atoms with Crippen LogP contribution in [0, 0.1) is 0 Å². The average molecular weight is 172 g/mol. The fourth-order valence-electron chi connectivity index (χ4n) is 0.851. The van der Waals surface area contributed by atoms with Crippen molar-refractivity contribution in [3.63, 3.8) is 0 Å². The quantitative estimate of drug-likeness (QED) is 0.725. The normalized spacial score (nSPS) is 13.3. The van der Waals surface area contributed by atoms with Gasteiger partial charge in [-0.25, -0.2) is 4.98 Å². The maximum Gasteiger partial charge on any atom is 0.0941 e. The Balaban J connectivity index is 2.31. The third kappa shape index (κ3) is 2.96. The summed E-state index contributed by atoms with van der Waals surface area (Å²) in [6.07, 6.45) is 2.60. The summed E-state index contributed by atoms with van der Waals surface area (Å²) in [4.78, 5) is 4.12. The van der Waals surface area contributed by atoms with Crippen LogP contribution in [0.3, 0.4) is 0 Å². The summed E-state index contributed by atoms with van der Waals surface area (Å²) in [5.41, 5.74) is 5.72. The van der Waals surface area contributed by atoms with Gasteiger partial charge in [0.25, 0.3) is 0 Å². The molecule has 0 saturated heterocycles. The zero-order chi connectivity index (χ0) is 8.10. The summed E-state index contributed by atoms with van der Waals surface area (Å²) in [6, 6.07) is 0.0751. The SMILES string of the molecule is COCC(N)Cc1nccs1. The lowest BCUT2D eigenvalue weighted by molar-refractivity contribution is 0.180. The Morgan fingerprint density at radius 3 is 3.18 bits per heavy atom. The van der Waals surface area contributed by atoms with Crippen LogP contribution < -0.4 is 5.73 Å². The molecular weight excluding hydrogens is 160 g/mol. The topological polar surface area (TPSA) is 48.1 Å². The first-order valence-electron chi connectivity index (χ1n) is 3.46. The van der Waals surface area contributed by atoms with E-state index in [1.807, 2.05) is 5.38 Å². The monoisotopic (exact) mass is 172 g/mol. The molecule has 1 rings (SSSR count). The molecule has 4 heteroatoms. The zero-order valence-electron chi connectivity index (χ0n) is 6.49. The lowest BCUT2D eigenvalue weighted by Gasteiger charge is -2.06. The molecule has 0 aliphatic heterocycles. The van der Waals surface area contributed by atoms with Gasteiger partial charge in [0.15, 0.2) is 0 Å². The minimum absolute atomic E-state index is 0.0751. The second-order valence-corrected chi connectivity index (χ2v) is 3.32. The maximum absolute atomic E-state index is 5.72. The van der Waals surface area contributed by atoms with Crippen LogP contribution in [0.4, 0.5) is 0 Å². The highest BCUT2D eigenvalue weighted by molar-refractivity contribution is 7.09. The number of methoxy groups -OCH3 is 1. The number of hydrogen-bond acceptors (Lipinski definition) is 4. The molecule has 1 unspecified atom stereocenters. The van der Waals surface area contributed by atoms with Gasteiger partial charge in [-0.3, -0.25) is 0 Å². The molecule has 0 aromatic carbocycles. The molecule has 0 bridgehead atoms. The number of aromatic nitrogens is 1. The largest absolute Gasteiger partial charge is 0.383 e. The van der Waals surface area contributed by atoms with Crippen molar-refractivity contribution in [2.45, 2.75) is 12.5 Å². The molecule has 1 atom stereocenters. The van der Waals surface area contributed by atoms with E-state index in [1.54, 1.807) is 24.6 Å². The molecule has 62 valence electrons. The molecule has 11 heavy (non-hydrogen) atoms. The van der Waals surface area contributed by atoms with Crippen LogP contribution in [0.2, 0.25) is 0 Å². The first kappa shape index (κ1) is 8.64. The highest BCUT2D eigenvalue weighted by Crippen LogP contribution is 2.05. The third-order valence-corrected chi connectivity index (χ3v) is 2.10. The van der Waals surface area contributed by atoms with Crippen LogP contribution in [0.25, 0.3) is 0 Å². The molecule has 3 nitrogen and oxygen atoms in total. The zero-order valence-corrected chi connectivity index (χ0v) is 7.30. The summed E-state index contributed by atoms with van der Waals surface area (Å²) < 4.78 is 4.90. The number of ether oxygens (including phenoxy) is 1. The molecule has 0 aliphatic carbocycles. The maximum atomic E-state index is 5.72. The molecule has 2 N–H and O–H groups in total. The van der Waals surface area contributed by atoms with Gasteiger partial charge in [0.2, 0.25) is 0 Å². The summed E-state index contributed by atoms with van der Waals surface area (Å²) in [5.74, 6) is 0. The number of rotatable bonds is 4. The standard InChI is InChI=1S/C7H12N2OS/c1-10-5-6(8)4-7-9-2-3-11-7/h2-3,6H,4-5,8H2,1H3. The van der Waals surface area contributed by atoms with Crippen molar-refractivity contribution in [1.82, 2.24) is 4.98 Å². The summed E-state index contributed by atoms with van der Waals surface area (Å²) in [5, 5.41) is 3.03. The Morgan fingerprint density at radius 1 is 1.82 bits per heavy atom. The third-order valence-electron chi connectivity index (χ3n) is 1.30. The van der Waals surface area contributed by atoms with Crippen molar-refractivity contribution in [2.75, 3.05) is 13.7 Å². The van der Waals surface area contributed by atoms with Crippen molar-refractivity contribution in [3.8, 4) is 0 Å². The van der Waals surface area contributed by atoms with E-state index in [-0.39, 0.29) is 6.04 Å². The van der Waals surface area contributed by atoms with E-state index in [0.717, 1.165) is 11.4 Å². The van der Waals surface area contributed by atoms with Gasteiger partial charge >= 0.3 is 0 Å². The number of thiazole rings is 1. The first-order valence-corrected chi connectivity index (χ1v) is 4.33. The van der Waals surface area contributed by atoms with Gasteiger partial charge in [-0.2, -0.15) is 0 Å². The van der Waals surface area contributed by atoms with Crippen molar-refractivity contribution >= 4 is 11.3 Å². The van der Waals surface area contributed by atoms with Crippen LogP contribution in [0.15, 0.2) is 11.6 Å². The highest BCUT2D eigenvalue weighted by Gasteiger charge is 2.04. The van der Waals surface area contributed by atoms with Crippen LogP contribution in [-0.4, -0.2) is 24.7 Å². The van der Waals surface area contributed by atoms with E-state index >= 15 is 0 Å². The van der Waals surface area contributed by atoms with Gasteiger partial charge in [0, 0.05) is 31.1 Å². The van der Waals surface area contributed by atoms with E-state index < -0.39 is 0 Å². The molecule has 0 spiro atoms. The summed E-state index contributed by atoms with van der Waals surface area (Å²) in [6.45, 7) is 0.597. The molecular formula is C7H12N2OS. The van der Waals surface area contributed by atoms with Gasteiger partial charge in [-0.1, -0.05) is 0 Å². The Hall–Kier alpha value is -0.450. The summed E-state index contributed by atoms with van der Waals surface area (Å²) >= 11 is 1.63. The van der Waals surface area contributed by atoms with Crippen LogP contribution in [-0.2, 0) is 11.2 Å². The second kappa shape index (κ2) is 4.43. The Morgan fingerprint density at radius 2 is 2.64 bits per heavy atom. The van der Waals surface area contributed by atoms with Gasteiger partial charge in [0.1, 0.15) is 0 Å². The predicted octanol–water partition coefficient (Wildman–Crippen LogP) is 0.659.